The lowest BCUT2D eigenvalue weighted by molar-refractivity contribution is 0.399. The minimum atomic E-state index is 0.327. The molecule has 0 spiro atoms. The topological polar surface area (TPSA) is 21.3 Å². The van der Waals surface area contributed by atoms with Gasteiger partial charge in [0, 0.05) is 18.5 Å². The second kappa shape index (κ2) is 6.37. The molecule has 2 aromatic carbocycles. The first-order chi connectivity index (χ1) is 10.8. The van der Waals surface area contributed by atoms with Crippen LogP contribution in [0, 0.1) is 5.92 Å². The summed E-state index contributed by atoms with van der Waals surface area (Å²) < 4.78 is 5.42. The number of ether oxygens (including phenoxy) is 1. The molecule has 0 saturated carbocycles. The summed E-state index contributed by atoms with van der Waals surface area (Å²) in [5.74, 6) is 1.83. The van der Waals surface area contributed by atoms with Crippen LogP contribution in [0.1, 0.15) is 35.6 Å². The summed E-state index contributed by atoms with van der Waals surface area (Å²) in [6.07, 6.45) is 1.92. The van der Waals surface area contributed by atoms with E-state index in [1.807, 2.05) is 6.08 Å². The average molecular weight is 293 g/mol. The van der Waals surface area contributed by atoms with Crippen molar-refractivity contribution >= 4 is 0 Å². The second-order valence-corrected chi connectivity index (χ2v) is 5.92. The fourth-order valence-electron chi connectivity index (χ4n) is 3.64. The Balaban J connectivity index is 2.05. The van der Waals surface area contributed by atoms with E-state index in [2.05, 4.69) is 67.4 Å². The third-order valence-corrected chi connectivity index (χ3v) is 4.66. The van der Waals surface area contributed by atoms with E-state index in [0.29, 0.717) is 17.9 Å². The minimum Gasteiger partial charge on any atom is -0.497 e. The van der Waals surface area contributed by atoms with Gasteiger partial charge in [-0.05, 0) is 34.7 Å². The Morgan fingerprint density at radius 3 is 2.59 bits per heavy atom. The summed E-state index contributed by atoms with van der Waals surface area (Å²) in [7, 11) is 1.72. The fourth-order valence-corrected chi connectivity index (χ4v) is 3.64. The molecule has 0 bridgehead atoms. The highest BCUT2D eigenvalue weighted by Gasteiger charge is 2.38. The number of benzene rings is 2. The van der Waals surface area contributed by atoms with Gasteiger partial charge in [-0.3, -0.25) is 0 Å². The first kappa shape index (κ1) is 14.9. The van der Waals surface area contributed by atoms with E-state index in [1.165, 1.54) is 16.7 Å². The predicted molar refractivity (Wildman–Crippen MR) is 91.4 cm³/mol. The van der Waals surface area contributed by atoms with Gasteiger partial charge >= 0.3 is 0 Å². The number of fused-ring (bicyclic) bond motifs is 1. The molecule has 0 aliphatic heterocycles. The van der Waals surface area contributed by atoms with Crippen molar-refractivity contribution < 1.29 is 4.74 Å². The molecule has 3 atom stereocenters. The first-order valence-corrected chi connectivity index (χ1v) is 7.83. The Bertz CT molecular complexity index is 650. The van der Waals surface area contributed by atoms with Crippen LogP contribution in [0.15, 0.2) is 61.2 Å². The van der Waals surface area contributed by atoms with Crippen LogP contribution in [0.3, 0.4) is 0 Å². The Morgan fingerprint density at radius 1 is 1.14 bits per heavy atom. The van der Waals surface area contributed by atoms with Crippen molar-refractivity contribution in [1.29, 1.82) is 0 Å². The maximum absolute atomic E-state index is 5.42. The van der Waals surface area contributed by atoms with Crippen molar-refractivity contribution in [2.45, 2.75) is 18.9 Å². The molecule has 0 saturated heterocycles. The number of methoxy groups -OCH3 is 1. The smallest absolute Gasteiger partial charge is 0.119 e. The van der Waals surface area contributed by atoms with Crippen LogP contribution in [-0.4, -0.2) is 13.7 Å². The maximum Gasteiger partial charge on any atom is 0.119 e. The molecule has 0 radical (unpaired) electrons. The van der Waals surface area contributed by atoms with Gasteiger partial charge in [0.2, 0.25) is 0 Å². The quantitative estimate of drug-likeness (QED) is 0.830. The largest absolute Gasteiger partial charge is 0.497 e. The molecule has 1 aliphatic carbocycles. The van der Waals surface area contributed by atoms with E-state index in [4.69, 9.17) is 4.74 Å². The first-order valence-electron chi connectivity index (χ1n) is 7.83. The van der Waals surface area contributed by atoms with E-state index in [1.54, 1.807) is 7.11 Å². The minimum absolute atomic E-state index is 0.327. The van der Waals surface area contributed by atoms with E-state index in [9.17, 15) is 0 Å². The molecule has 2 heteroatoms. The lowest BCUT2D eigenvalue weighted by Gasteiger charge is -2.22. The molecule has 0 heterocycles. The summed E-state index contributed by atoms with van der Waals surface area (Å²) in [5, 5.41) is 3.61. The summed E-state index contributed by atoms with van der Waals surface area (Å²) in [4.78, 5) is 0. The predicted octanol–water partition coefficient (Wildman–Crippen LogP) is 4.29. The van der Waals surface area contributed by atoms with Gasteiger partial charge in [0.1, 0.15) is 5.75 Å². The van der Waals surface area contributed by atoms with Crippen LogP contribution in [0.25, 0.3) is 0 Å². The van der Waals surface area contributed by atoms with Gasteiger partial charge in [-0.1, -0.05) is 49.4 Å². The molecule has 0 amide bonds. The summed E-state index contributed by atoms with van der Waals surface area (Å²) >= 11 is 0. The molecule has 2 aromatic rings. The second-order valence-electron chi connectivity index (χ2n) is 5.92. The van der Waals surface area contributed by atoms with Gasteiger partial charge in [-0.15, -0.1) is 6.58 Å². The molecule has 3 rings (SSSR count). The summed E-state index contributed by atoms with van der Waals surface area (Å²) in [5.41, 5.74) is 4.13. The third kappa shape index (κ3) is 2.55. The van der Waals surface area contributed by atoms with Crippen molar-refractivity contribution in [1.82, 2.24) is 5.32 Å². The van der Waals surface area contributed by atoms with Crippen LogP contribution in [0.2, 0.25) is 0 Å². The molecule has 1 N–H and O–H groups in total. The SMILES string of the molecule is C=CCN[C@@H]1c2cc(OC)ccc2[C@H](c2ccccc2)[C@H]1C. The van der Waals surface area contributed by atoms with Crippen molar-refractivity contribution in [3.05, 3.63) is 77.9 Å². The fraction of sp³-hybridized carbons (Fsp3) is 0.300. The van der Waals surface area contributed by atoms with Gasteiger partial charge in [0.05, 0.1) is 7.11 Å². The standard InChI is InChI=1S/C20H23NO/c1-4-12-21-20-14(2)19(15-8-6-5-7-9-15)17-11-10-16(22-3)13-18(17)20/h4-11,13-14,19-21H,1,12H2,2-3H3/t14-,19+,20+/m1/s1. The normalized spacial score (nSPS) is 23.1. The number of nitrogens with one attached hydrogen (secondary N) is 1. The van der Waals surface area contributed by atoms with Gasteiger partial charge in [-0.2, -0.15) is 0 Å². The molecule has 0 fully saturated rings. The van der Waals surface area contributed by atoms with Gasteiger partial charge < -0.3 is 10.1 Å². The lowest BCUT2D eigenvalue weighted by atomic mass is 9.86. The average Bonchev–Trinajstić information content (AvgIpc) is 2.84. The van der Waals surface area contributed by atoms with Crippen molar-refractivity contribution in [2.75, 3.05) is 13.7 Å². The molecule has 114 valence electrons. The zero-order valence-corrected chi connectivity index (χ0v) is 13.3. The van der Waals surface area contributed by atoms with Crippen LogP contribution >= 0.6 is 0 Å². The maximum atomic E-state index is 5.42. The molecule has 0 unspecified atom stereocenters. The number of hydrogen-bond donors (Lipinski definition) is 1. The van der Waals surface area contributed by atoms with Crippen molar-refractivity contribution in [2.24, 2.45) is 5.92 Å². The van der Waals surface area contributed by atoms with Crippen molar-refractivity contribution in [3.63, 3.8) is 0 Å². The van der Waals surface area contributed by atoms with Crippen LogP contribution in [0.5, 0.6) is 5.75 Å². The highest BCUT2D eigenvalue weighted by atomic mass is 16.5. The monoisotopic (exact) mass is 293 g/mol. The Labute approximate surface area is 132 Å². The highest BCUT2D eigenvalue weighted by Crippen LogP contribution is 2.49. The summed E-state index contributed by atoms with van der Waals surface area (Å²) in [6.45, 7) is 6.96. The molecular weight excluding hydrogens is 270 g/mol. The van der Waals surface area contributed by atoms with Gasteiger partial charge in [0.25, 0.3) is 0 Å². The van der Waals surface area contributed by atoms with E-state index in [-0.39, 0.29) is 0 Å². The van der Waals surface area contributed by atoms with Gasteiger partial charge in [0.15, 0.2) is 0 Å². The molecule has 2 nitrogen and oxygen atoms in total. The van der Waals surface area contributed by atoms with E-state index in [0.717, 1.165) is 12.3 Å². The van der Waals surface area contributed by atoms with Crippen LogP contribution < -0.4 is 10.1 Å². The Morgan fingerprint density at radius 2 is 1.91 bits per heavy atom. The summed E-state index contributed by atoms with van der Waals surface area (Å²) in [6, 6.07) is 17.6. The molecule has 22 heavy (non-hydrogen) atoms. The molecule has 0 aromatic heterocycles. The Kier molecular flexibility index (Phi) is 4.30. The zero-order chi connectivity index (χ0) is 15.5. The third-order valence-electron chi connectivity index (χ3n) is 4.66. The van der Waals surface area contributed by atoms with E-state index < -0.39 is 0 Å². The number of rotatable bonds is 5. The zero-order valence-electron chi connectivity index (χ0n) is 13.3. The van der Waals surface area contributed by atoms with E-state index >= 15 is 0 Å². The Hall–Kier alpha value is -2.06. The van der Waals surface area contributed by atoms with Crippen LogP contribution in [0.4, 0.5) is 0 Å². The van der Waals surface area contributed by atoms with Crippen molar-refractivity contribution in [3.8, 4) is 5.75 Å². The van der Waals surface area contributed by atoms with Gasteiger partial charge in [-0.25, -0.2) is 0 Å². The highest BCUT2D eigenvalue weighted by molar-refractivity contribution is 5.49. The lowest BCUT2D eigenvalue weighted by Crippen LogP contribution is -2.25. The number of hydrogen-bond acceptors (Lipinski definition) is 2. The molecular formula is C20H23NO. The van der Waals surface area contributed by atoms with Crippen LogP contribution in [-0.2, 0) is 0 Å². The molecule has 1 aliphatic rings.